The second-order valence-corrected chi connectivity index (χ2v) is 4.73. The van der Waals surface area contributed by atoms with Crippen LogP contribution >= 0.6 is 11.6 Å². The molecule has 2 aromatic rings. The number of amides is 1. The molecule has 102 valence electrons. The number of hydrogen-bond donors (Lipinski definition) is 1. The zero-order valence-electron chi connectivity index (χ0n) is 10.5. The van der Waals surface area contributed by atoms with Gasteiger partial charge in [-0.1, -0.05) is 17.7 Å². The summed E-state index contributed by atoms with van der Waals surface area (Å²) in [5.74, 6) is -0.143. The minimum absolute atomic E-state index is 0.143. The first-order valence-electron chi connectivity index (χ1n) is 6.06. The fourth-order valence-corrected chi connectivity index (χ4v) is 2.11. The predicted octanol–water partition coefficient (Wildman–Crippen LogP) is 1.53. The van der Waals surface area contributed by atoms with Crippen LogP contribution in [0.15, 0.2) is 49.1 Å². The summed E-state index contributed by atoms with van der Waals surface area (Å²) < 4.78 is 1.69. The highest BCUT2D eigenvalue weighted by Gasteiger charge is 2.23. The molecule has 1 amide bonds. The van der Waals surface area contributed by atoms with Crippen molar-refractivity contribution >= 4 is 17.5 Å². The topological polar surface area (TPSA) is 63.1 Å². The van der Waals surface area contributed by atoms with E-state index in [4.69, 9.17) is 11.6 Å². The minimum atomic E-state index is -0.349. The van der Waals surface area contributed by atoms with E-state index in [1.165, 1.54) is 6.08 Å². The van der Waals surface area contributed by atoms with Gasteiger partial charge in [0.05, 0.1) is 0 Å². The summed E-state index contributed by atoms with van der Waals surface area (Å²) in [5.41, 5.74) is 0.993. The Kier molecular flexibility index (Phi) is 3.39. The number of carbonyl (C=O) groups excluding carboxylic acids is 1. The number of nitrogens with one attached hydrogen (secondary N) is 1. The van der Waals surface area contributed by atoms with E-state index in [0.717, 1.165) is 5.56 Å². The SMILES string of the molecule is O=C1C=CN(Cc2ccc(Cl)nc2)C(n2cccn2)N1. The van der Waals surface area contributed by atoms with Gasteiger partial charge in [0.15, 0.2) is 0 Å². The van der Waals surface area contributed by atoms with Crippen LogP contribution in [0.1, 0.15) is 11.9 Å². The van der Waals surface area contributed by atoms with Crippen LogP contribution in [-0.4, -0.2) is 25.6 Å². The lowest BCUT2D eigenvalue weighted by atomic mass is 10.2. The minimum Gasteiger partial charge on any atom is -0.335 e. The van der Waals surface area contributed by atoms with E-state index in [0.29, 0.717) is 11.7 Å². The van der Waals surface area contributed by atoms with E-state index in [1.54, 1.807) is 35.5 Å². The molecule has 20 heavy (non-hydrogen) atoms. The van der Waals surface area contributed by atoms with Crippen LogP contribution < -0.4 is 5.32 Å². The maximum Gasteiger partial charge on any atom is 0.248 e. The molecule has 0 aromatic carbocycles. The average Bonchev–Trinajstić information content (AvgIpc) is 2.97. The number of carbonyl (C=O) groups is 1. The van der Waals surface area contributed by atoms with E-state index < -0.39 is 0 Å². The molecule has 3 heterocycles. The Morgan fingerprint density at radius 1 is 1.40 bits per heavy atom. The summed E-state index contributed by atoms with van der Waals surface area (Å²) in [6, 6.07) is 5.46. The van der Waals surface area contributed by atoms with Gasteiger partial charge >= 0.3 is 0 Å². The molecule has 7 heteroatoms. The summed E-state index contributed by atoms with van der Waals surface area (Å²) in [5, 5.41) is 7.48. The number of halogens is 1. The summed E-state index contributed by atoms with van der Waals surface area (Å²) in [7, 11) is 0. The van der Waals surface area contributed by atoms with Crippen molar-refractivity contribution in [3.05, 3.63) is 59.8 Å². The Bertz CT molecular complexity index is 623. The molecule has 6 nitrogen and oxygen atoms in total. The van der Waals surface area contributed by atoms with Crippen molar-refractivity contribution in [2.45, 2.75) is 12.8 Å². The lowest BCUT2D eigenvalue weighted by Gasteiger charge is -2.33. The molecule has 2 aromatic heterocycles. The average molecular weight is 290 g/mol. The van der Waals surface area contributed by atoms with Crippen LogP contribution in [0.2, 0.25) is 5.15 Å². The van der Waals surface area contributed by atoms with Crippen molar-refractivity contribution in [3.63, 3.8) is 0 Å². The van der Waals surface area contributed by atoms with Gasteiger partial charge in [0.25, 0.3) is 0 Å². The first-order valence-corrected chi connectivity index (χ1v) is 6.44. The second kappa shape index (κ2) is 5.34. The summed E-state index contributed by atoms with van der Waals surface area (Å²) in [6.45, 7) is 0.589. The summed E-state index contributed by atoms with van der Waals surface area (Å²) in [4.78, 5) is 17.5. The lowest BCUT2D eigenvalue weighted by molar-refractivity contribution is -0.120. The maximum atomic E-state index is 11.5. The quantitative estimate of drug-likeness (QED) is 0.871. The number of hydrogen-bond acceptors (Lipinski definition) is 4. The summed E-state index contributed by atoms with van der Waals surface area (Å²) >= 11 is 5.77. The fourth-order valence-electron chi connectivity index (χ4n) is 2.00. The lowest BCUT2D eigenvalue weighted by Crippen LogP contribution is -2.44. The van der Waals surface area contributed by atoms with Crippen molar-refractivity contribution < 1.29 is 4.79 Å². The van der Waals surface area contributed by atoms with Crippen LogP contribution in [0.4, 0.5) is 0 Å². The molecular formula is C13H12ClN5O. The third-order valence-corrected chi connectivity index (χ3v) is 3.16. The molecule has 1 atom stereocenters. The number of pyridine rings is 1. The molecule has 1 unspecified atom stereocenters. The molecule has 0 spiro atoms. The van der Waals surface area contributed by atoms with Gasteiger partial charge in [0.1, 0.15) is 5.15 Å². The van der Waals surface area contributed by atoms with Crippen LogP contribution in [-0.2, 0) is 11.3 Å². The predicted molar refractivity (Wildman–Crippen MR) is 73.3 cm³/mol. The molecule has 1 aliphatic heterocycles. The monoisotopic (exact) mass is 289 g/mol. The van der Waals surface area contributed by atoms with E-state index >= 15 is 0 Å². The van der Waals surface area contributed by atoms with Gasteiger partial charge in [-0.15, -0.1) is 0 Å². The molecule has 1 N–H and O–H groups in total. The molecule has 0 bridgehead atoms. The largest absolute Gasteiger partial charge is 0.335 e. The van der Waals surface area contributed by atoms with Gasteiger partial charge in [-0.3, -0.25) is 4.79 Å². The van der Waals surface area contributed by atoms with Crippen molar-refractivity contribution in [2.24, 2.45) is 0 Å². The number of nitrogens with zero attached hydrogens (tertiary/aromatic N) is 4. The van der Waals surface area contributed by atoms with Gasteiger partial charge in [0, 0.05) is 37.4 Å². The van der Waals surface area contributed by atoms with E-state index in [2.05, 4.69) is 15.4 Å². The molecule has 0 saturated carbocycles. The van der Waals surface area contributed by atoms with Crippen molar-refractivity contribution in [3.8, 4) is 0 Å². The fraction of sp³-hybridized carbons (Fsp3) is 0.154. The summed E-state index contributed by atoms with van der Waals surface area (Å²) in [6.07, 6.45) is 8.08. The molecule has 3 rings (SSSR count). The zero-order chi connectivity index (χ0) is 13.9. The third kappa shape index (κ3) is 2.65. The molecule has 1 aliphatic rings. The van der Waals surface area contributed by atoms with Gasteiger partial charge in [-0.25, -0.2) is 9.67 Å². The Hall–Kier alpha value is -2.34. The highest BCUT2D eigenvalue weighted by atomic mass is 35.5. The van der Waals surface area contributed by atoms with Crippen molar-refractivity contribution in [2.75, 3.05) is 0 Å². The molecule has 0 aliphatic carbocycles. The van der Waals surface area contributed by atoms with Crippen LogP contribution in [0.25, 0.3) is 0 Å². The smallest absolute Gasteiger partial charge is 0.248 e. The van der Waals surface area contributed by atoms with Crippen molar-refractivity contribution in [1.82, 2.24) is 25.0 Å². The van der Waals surface area contributed by atoms with E-state index in [9.17, 15) is 4.79 Å². The first kappa shape index (κ1) is 12.7. The van der Waals surface area contributed by atoms with Crippen molar-refractivity contribution in [1.29, 1.82) is 0 Å². The second-order valence-electron chi connectivity index (χ2n) is 4.35. The molecular weight excluding hydrogens is 278 g/mol. The first-order chi connectivity index (χ1) is 9.72. The van der Waals surface area contributed by atoms with Crippen LogP contribution in [0.5, 0.6) is 0 Å². The Labute approximate surface area is 120 Å². The van der Waals surface area contributed by atoms with Crippen LogP contribution in [0, 0.1) is 0 Å². The zero-order valence-corrected chi connectivity index (χ0v) is 11.2. The molecule has 0 radical (unpaired) electrons. The Morgan fingerprint density at radius 2 is 2.30 bits per heavy atom. The number of aromatic nitrogens is 3. The van der Waals surface area contributed by atoms with Gasteiger partial charge < -0.3 is 10.2 Å². The highest BCUT2D eigenvalue weighted by molar-refractivity contribution is 6.29. The van der Waals surface area contributed by atoms with E-state index in [1.807, 2.05) is 17.0 Å². The Balaban J connectivity index is 1.83. The molecule has 0 saturated heterocycles. The standard InChI is InChI=1S/C13H12ClN5O/c14-11-3-2-10(8-15-11)9-18-7-4-12(20)17-13(18)19-6-1-5-16-19/h1-8,13H,9H2,(H,17,20). The van der Waals surface area contributed by atoms with Crippen LogP contribution in [0.3, 0.4) is 0 Å². The van der Waals surface area contributed by atoms with Gasteiger partial charge in [0.2, 0.25) is 12.2 Å². The van der Waals surface area contributed by atoms with Gasteiger partial charge in [-0.2, -0.15) is 5.10 Å². The maximum absolute atomic E-state index is 11.5. The molecule has 0 fully saturated rings. The van der Waals surface area contributed by atoms with E-state index in [-0.39, 0.29) is 12.2 Å². The Morgan fingerprint density at radius 3 is 3.00 bits per heavy atom. The number of rotatable bonds is 3. The third-order valence-electron chi connectivity index (χ3n) is 2.93. The van der Waals surface area contributed by atoms with Gasteiger partial charge in [-0.05, 0) is 17.7 Å². The highest BCUT2D eigenvalue weighted by Crippen LogP contribution is 2.17. The normalized spacial score (nSPS) is 18.1.